The van der Waals surface area contributed by atoms with Gasteiger partial charge in [-0.25, -0.2) is 4.98 Å². The Balaban J connectivity index is 1.72. The zero-order chi connectivity index (χ0) is 11.2. The van der Waals surface area contributed by atoms with Crippen molar-refractivity contribution >= 4 is 23.1 Å². The Morgan fingerprint density at radius 3 is 3.12 bits per heavy atom. The fourth-order valence-electron chi connectivity index (χ4n) is 1.85. The highest BCUT2D eigenvalue weighted by molar-refractivity contribution is 7.99. The van der Waals surface area contributed by atoms with Crippen LogP contribution in [0.25, 0.3) is 0 Å². The molecule has 90 valence electrons. The fourth-order valence-corrected chi connectivity index (χ4v) is 3.29. The molecule has 0 radical (unpaired) electrons. The third-order valence-corrected chi connectivity index (χ3v) is 4.69. The van der Waals surface area contributed by atoms with Crippen LogP contribution < -0.4 is 5.32 Å². The average Bonchev–Trinajstić information content (AvgIpc) is 2.98. The first-order valence-corrected chi connectivity index (χ1v) is 8.15. The second-order valence-corrected chi connectivity index (χ2v) is 6.51. The molecule has 16 heavy (non-hydrogen) atoms. The summed E-state index contributed by atoms with van der Waals surface area (Å²) in [6.45, 7) is 3.36. The lowest BCUT2D eigenvalue weighted by molar-refractivity contribution is 0.480. The van der Waals surface area contributed by atoms with Gasteiger partial charge in [0.05, 0.1) is 6.04 Å². The summed E-state index contributed by atoms with van der Waals surface area (Å²) in [5.41, 5.74) is 0. The Kier molecular flexibility index (Phi) is 5.13. The van der Waals surface area contributed by atoms with Gasteiger partial charge in [0.2, 0.25) is 0 Å². The van der Waals surface area contributed by atoms with Gasteiger partial charge in [-0.1, -0.05) is 6.92 Å². The SMILES string of the molecule is CCSCCCNC(c1nccs1)C1CC1. The number of nitrogens with zero attached hydrogens (tertiary/aromatic N) is 1. The highest BCUT2D eigenvalue weighted by Crippen LogP contribution is 2.41. The summed E-state index contributed by atoms with van der Waals surface area (Å²) in [5, 5.41) is 7.04. The molecule has 1 saturated carbocycles. The molecule has 0 amide bonds. The highest BCUT2D eigenvalue weighted by Gasteiger charge is 2.33. The van der Waals surface area contributed by atoms with Gasteiger partial charge in [-0.2, -0.15) is 11.8 Å². The van der Waals surface area contributed by atoms with E-state index in [9.17, 15) is 0 Å². The van der Waals surface area contributed by atoms with Crippen LogP contribution in [0.4, 0.5) is 0 Å². The molecule has 2 rings (SSSR count). The maximum absolute atomic E-state index is 4.44. The van der Waals surface area contributed by atoms with E-state index >= 15 is 0 Å². The van der Waals surface area contributed by atoms with Crippen molar-refractivity contribution in [3.05, 3.63) is 16.6 Å². The monoisotopic (exact) mass is 256 g/mol. The van der Waals surface area contributed by atoms with Crippen molar-refractivity contribution in [1.82, 2.24) is 10.3 Å². The normalized spacial score (nSPS) is 17.6. The van der Waals surface area contributed by atoms with Crippen molar-refractivity contribution in [2.45, 2.75) is 32.2 Å². The summed E-state index contributed by atoms with van der Waals surface area (Å²) in [4.78, 5) is 4.44. The molecule has 1 atom stereocenters. The van der Waals surface area contributed by atoms with Gasteiger partial charge in [0.15, 0.2) is 0 Å². The molecule has 0 bridgehead atoms. The van der Waals surface area contributed by atoms with Crippen molar-refractivity contribution in [2.24, 2.45) is 5.92 Å². The minimum absolute atomic E-state index is 0.534. The van der Waals surface area contributed by atoms with Crippen molar-refractivity contribution in [3.8, 4) is 0 Å². The first kappa shape index (κ1) is 12.4. The third kappa shape index (κ3) is 3.75. The molecule has 1 N–H and O–H groups in total. The Morgan fingerprint density at radius 2 is 2.50 bits per heavy atom. The number of thioether (sulfide) groups is 1. The van der Waals surface area contributed by atoms with E-state index < -0.39 is 0 Å². The van der Waals surface area contributed by atoms with E-state index in [1.54, 1.807) is 11.3 Å². The smallest absolute Gasteiger partial charge is 0.110 e. The maximum Gasteiger partial charge on any atom is 0.110 e. The first-order valence-electron chi connectivity index (χ1n) is 6.12. The van der Waals surface area contributed by atoms with Gasteiger partial charge in [-0.3, -0.25) is 0 Å². The average molecular weight is 256 g/mol. The largest absolute Gasteiger partial charge is 0.308 e. The molecule has 0 spiro atoms. The van der Waals surface area contributed by atoms with Crippen LogP contribution in [0.1, 0.15) is 37.2 Å². The number of nitrogens with one attached hydrogen (secondary N) is 1. The summed E-state index contributed by atoms with van der Waals surface area (Å²) < 4.78 is 0. The predicted octanol–water partition coefficient (Wildman–Crippen LogP) is 3.33. The minimum atomic E-state index is 0.534. The molecule has 4 heteroatoms. The number of thiazole rings is 1. The molecule has 1 aliphatic rings. The Bertz CT molecular complexity index is 283. The third-order valence-electron chi connectivity index (χ3n) is 2.84. The van der Waals surface area contributed by atoms with E-state index in [1.165, 1.54) is 35.8 Å². The molecule has 1 aliphatic carbocycles. The molecule has 0 aromatic carbocycles. The van der Waals surface area contributed by atoms with E-state index in [-0.39, 0.29) is 0 Å². The molecular weight excluding hydrogens is 236 g/mol. The van der Waals surface area contributed by atoms with Crippen LogP contribution in [0, 0.1) is 5.92 Å². The Morgan fingerprint density at radius 1 is 1.62 bits per heavy atom. The first-order chi connectivity index (χ1) is 7.92. The molecule has 1 aromatic heterocycles. The van der Waals surface area contributed by atoms with E-state index in [1.807, 2.05) is 18.0 Å². The molecule has 0 aliphatic heterocycles. The topological polar surface area (TPSA) is 24.9 Å². The molecule has 0 saturated heterocycles. The maximum atomic E-state index is 4.44. The number of hydrogen-bond donors (Lipinski definition) is 1. The number of hydrogen-bond acceptors (Lipinski definition) is 4. The molecule has 1 aromatic rings. The lowest BCUT2D eigenvalue weighted by Crippen LogP contribution is -2.24. The fraction of sp³-hybridized carbons (Fsp3) is 0.750. The van der Waals surface area contributed by atoms with Crippen LogP contribution >= 0.6 is 23.1 Å². The van der Waals surface area contributed by atoms with Crippen LogP contribution in [0.2, 0.25) is 0 Å². The van der Waals surface area contributed by atoms with Crippen molar-refractivity contribution in [3.63, 3.8) is 0 Å². The van der Waals surface area contributed by atoms with Gasteiger partial charge in [0, 0.05) is 11.6 Å². The summed E-state index contributed by atoms with van der Waals surface area (Å²) in [6.07, 6.45) is 5.94. The van der Waals surface area contributed by atoms with Gasteiger partial charge in [-0.05, 0) is 43.2 Å². The zero-order valence-electron chi connectivity index (χ0n) is 9.82. The van der Waals surface area contributed by atoms with Gasteiger partial charge in [-0.15, -0.1) is 11.3 Å². The second kappa shape index (κ2) is 6.62. The summed E-state index contributed by atoms with van der Waals surface area (Å²) in [6, 6.07) is 0.534. The lowest BCUT2D eigenvalue weighted by atomic mass is 10.2. The molecule has 1 heterocycles. The number of aromatic nitrogens is 1. The Hall–Kier alpha value is -0.0600. The van der Waals surface area contributed by atoms with Gasteiger partial charge >= 0.3 is 0 Å². The quantitative estimate of drug-likeness (QED) is 0.722. The molecular formula is C12H20N2S2. The van der Waals surface area contributed by atoms with E-state index in [0.717, 1.165) is 12.5 Å². The molecule has 1 unspecified atom stereocenters. The van der Waals surface area contributed by atoms with Crippen molar-refractivity contribution in [2.75, 3.05) is 18.1 Å². The van der Waals surface area contributed by atoms with E-state index in [2.05, 4.69) is 22.6 Å². The van der Waals surface area contributed by atoms with E-state index in [4.69, 9.17) is 0 Å². The minimum Gasteiger partial charge on any atom is -0.308 e. The zero-order valence-corrected chi connectivity index (χ0v) is 11.4. The van der Waals surface area contributed by atoms with Crippen molar-refractivity contribution < 1.29 is 0 Å². The van der Waals surface area contributed by atoms with Crippen LogP contribution in [-0.2, 0) is 0 Å². The summed E-state index contributed by atoms with van der Waals surface area (Å²) in [7, 11) is 0. The van der Waals surface area contributed by atoms with Gasteiger partial charge in [0.25, 0.3) is 0 Å². The van der Waals surface area contributed by atoms with Crippen LogP contribution in [-0.4, -0.2) is 23.0 Å². The van der Waals surface area contributed by atoms with Crippen LogP contribution in [0.15, 0.2) is 11.6 Å². The molecule has 2 nitrogen and oxygen atoms in total. The lowest BCUT2D eigenvalue weighted by Gasteiger charge is -2.15. The van der Waals surface area contributed by atoms with Crippen LogP contribution in [0.3, 0.4) is 0 Å². The number of rotatable bonds is 8. The second-order valence-electron chi connectivity index (χ2n) is 4.19. The van der Waals surface area contributed by atoms with Gasteiger partial charge in [0.1, 0.15) is 5.01 Å². The predicted molar refractivity (Wildman–Crippen MR) is 73.2 cm³/mol. The molecule has 1 fully saturated rings. The summed E-state index contributed by atoms with van der Waals surface area (Å²) in [5.74, 6) is 3.36. The van der Waals surface area contributed by atoms with E-state index in [0.29, 0.717) is 6.04 Å². The van der Waals surface area contributed by atoms with Crippen LogP contribution in [0.5, 0.6) is 0 Å². The standard InChI is InChI=1S/C12H20N2S2/c1-2-15-8-3-6-13-11(10-4-5-10)12-14-7-9-16-12/h7,9-11,13H,2-6,8H2,1H3. The highest BCUT2D eigenvalue weighted by atomic mass is 32.2. The Labute approximate surface area is 106 Å². The van der Waals surface area contributed by atoms with Crippen molar-refractivity contribution in [1.29, 1.82) is 0 Å². The van der Waals surface area contributed by atoms with Gasteiger partial charge < -0.3 is 5.32 Å². The summed E-state index contributed by atoms with van der Waals surface area (Å²) >= 11 is 3.82.